The molecule has 0 bridgehead atoms. The van der Waals surface area contributed by atoms with Crippen molar-refractivity contribution in [3.8, 4) is 17.2 Å². The van der Waals surface area contributed by atoms with E-state index < -0.39 is 11.9 Å². The maximum atomic E-state index is 11.8. The van der Waals surface area contributed by atoms with E-state index in [0.717, 1.165) is 16.9 Å². The van der Waals surface area contributed by atoms with Gasteiger partial charge in [-0.25, -0.2) is 4.79 Å². The molecule has 160 valence electrons. The summed E-state index contributed by atoms with van der Waals surface area (Å²) in [5.74, 6) is 0.926. The van der Waals surface area contributed by atoms with Crippen LogP contribution >= 0.6 is 0 Å². The quantitative estimate of drug-likeness (QED) is 0.346. The van der Waals surface area contributed by atoms with E-state index in [1.54, 1.807) is 31.4 Å². The second-order valence-electron chi connectivity index (χ2n) is 6.30. The Morgan fingerprint density at radius 3 is 2.63 bits per heavy atom. The summed E-state index contributed by atoms with van der Waals surface area (Å²) in [4.78, 5) is 23.6. The van der Waals surface area contributed by atoms with E-state index >= 15 is 0 Å². The Labute approximate surface area is 176 Å². The second kappa shape index (κ2) is 12.2. The van der Waals surface area contributed by atoms with E-state index in [1.807, 2.05) is 38.1 Å². The average Bonchev–Trinajstić information content (AvgIpc) is 2.74. The Morgan fingerprint density at radius 2 is 1.90 bits per heavy atom. The van der Waals surface area contributed by atoms with Gasteiger partial charge in [0.05, 0.1) is 20.3 Å². The molecule has 1 amide bonds. The van der Waals surface area contributed by atoms with Gasteiger partial charge in [-0.2, -0.15) is 0 Å². The van der Waals surface area contributed by atoms with Crippen LogP contribution in [0, 0.1) is 6.92 Å². The van der Waals surface area contributed by atoms with Crippen molar-refractivity contribution in [1.29, 1.82) is 0 Å². The van der Waals surface area contributed by atoms with Gasteiger partial charge in [0.15, 0.2) is 18.1 Å². The summed E-state index contributed by atoms with van der Waals surface area (Å²) in [6.07, 6.45) is 2.83. The topological polar surface area (TPSA) is 83.1 Å². The molecule has 0 aliphatic heterocycles. The van der Waals surface area contributed by atoms with Crippen LogP contribution in [0.2, 0.25) is 0 Å². The average molecular weight is 413 g/mol. The zero-order chi connectivity index (χ0) is 21.8. The number of hydrogen-bond donors (Lipinski definition) is 1. The molecule has 7 nitrogen and oxygen atoms in total. The van der Waals surface area contributed by atoms with Crippen LogP contribution < -0.4 is 19.5 Å². The van der Waals surface area contributed by atoms with Crippen LogP contribution in [0.15, 0.2) is 48.5 Å². The number of benzene rings is 2. The highest BCUT2D eigenvalue weighted by atomic mass is 16.5. The lowest BCUT2D eigenvalue weighted by Gasteiger charge is -2.09. The van der Waals surface area contributed by atoms with Gasteiger partial charge in [-0.05, 0) is 55.3 Å². The number of aryl methyl sites for hydroxylation is 1. The van der Waals surface area contributed by atoms with Crippen molar-refractivity contribution in [2.45, 2.75) is 13.8 Å². The van der Waals surface area contributed by atoms with Gasteiger partial charge >= 0.3 is 5.97 Å². The fourth-order valence-electron chi connectivity index (χ4n) is 2.53. The molecule has 30 heavy (non-hydrogen) atoms. The number of carbonyl (C=O) groups excluding carboxylic acids is 2. The van der Waals surface area contributed by atoms with Crippen molar-refractivity contribution in [2.24, 2.45) is 0 Å². The maximum absolute atomic E-state index is 11.8. The van der Waals surface area contributed by atoms with Crippen molar-refractivity contribution >= 4 is 18.0 Å². The predicted octanol–water partition coefficient (Wildman–Crippen LogP) is 3.15. The van der Waals surface area contributed by atoms with E-state index in [0.29, 0.717) is 31.3 Å². The molecule has 0 radical (unpaired) electrons. The van der Waals surface area contributed by atoms with Crippen molar-refractivity contribution in [3.63, 3.8) is 0 Å². The number of carbonyl (C=O) groups is 2. The van der Waals surface area contributed by atoms with Gasteiger partial charge in [0.25, 0.3) is 5.91 Å². The van der Waals surface area contributed by atoms with Gasteiger partial charge in [-0.1, -0.05) is 18.2 Å². The number of methoxy groups -OCH3 is 1. The van der Waals surface area contributed by atoms with Crippen molar-refractivity contribution < 1.29 is 28.5 Å². The van der Waals surface area contributed by atoms with Crippen molar-refractivity contribution in [2.75, 3.05) is 33.5 Å². The zero-order valence-corrected chi connectivity index (χ0v) is 17.5. The summed E-state index contributed by atoms with van der Waals surface area (Å²) < 4.78 is 21.2. The number of amides is 1. The highest BCUT2D eigenvalue weighted by molar-refractivity contribution is 5.89. The highest BCUT2D eigenvalue weighted by Crippen LogP contribution is 2.28. The second-order valence-corrected chi connectivity index (χ2v) is 6.30. The lowest BCUT2D eigenvalue weighted by Crippen LogP contribution is -2.31. The van der Waals surface area contributed by atoms with Gasteiger partial charge in [0.2, 0.25) is 0 Å². The molecule has 0 unspecified atom stereocenters. The van der Waals surface area contributed by atoms with E-state index in [1.165, 1.54) is 6.08 Å². The van der Waals surface area contributed by atoms with Crippen LogP contribution in [0.1, 0.15) is 18.1 Å². The Balaban J connectivity index is 1.70. The summed E-state index contributed by atoms with van der Waals surface area (Å²) in [5, 5.41) is 2.63. The number of rotatable bonds is 11. The number of nitrogens with one attached hydrogen (secondary N) is 1. The van der Waals surface area contributed by atoms with Gasteiger partial charge in [0.1, 0.15) is 12.4 Å². The molecule has 0 aliphatic rings. The normalized spacial score (nSPS) is 10.5. The van der Waals surface area contributed by atoms with Crippen LogP contribution in [0.3, 0.4) is 0 Å². The minimum atomic E-state index is -0.617. The van der Waals surface area contributed by atoms with Gasteiger partial charge < -0.3 is 24.3 Å². The van der Waals surface area contributed by atoms with Crippen LogP contribution in [-0.2, 0) is 14.3 Å². The smallest absolute Gasteiger partial charge is 0.331 e. The van der Waals surface area contributed by atoms with Crippen LogP contribution in [-0.4, -0.2) is 45.4 Å². The van der Waals surface area contributed by atoms with Crippen LogP contribution in [0.5, 0.6) is 17.2 Å². The minimum Gasteiger partial charge on any atom is -0.493 e. The molecule has 0 spiro atoms. The third kappa shape index (κ3) is 7.87. The Bertz CT molecular complexity index is 878. The molecule has 0 atom stereocenters. The molecular formula is C23H27NO6. The fraction of sp³-hybridized carbons (Fsp3) is 0.304. The molecule has 0 aliphatic carbocycles. The summed E-state index contributed by atoms with van der Waals surface area (Å²) in [6.45, 7) is 4.66. The van der Waals surface area contributed by atoms with E-state index in [-0.39, 0.29) is 6.61 Å². The Hall–Kier alpha value is -3.48. The Kier molecular flexibility index (Phi) is 9.24. The van der Waals surface area contributed by atoms with Gasteiger partial charge in [0, 0.05) is 6.08 Å². The van der Waals surface area contributed by atoms with E-state index in [2.05, 4.69) is 5.32 Å². The SMILES string of the molecule is CCOc1ccc(/C=C/C(=O)OCC(=O)NCCOc2cccc(C)c2)cc1OC. The summed E-state index contributed by atoms with van der Waals surface area (Å²) in [7, 11) is 1.55. The minimum absolute atomic E-state index is 0.312. The number of hydrogen-bond acceptors (Lipinski definition) is 6. The predicted molar refractivity (Wildman–Crippen MR) is 114 cm³/mol. The number of ether oxygens (including phenoxy) is 4. The molecule has 0 heterocycles. The van der Waals surface area contributed by atoms with Crippen molar-refractivity contribution in [1.82, 2.24) is 5.32 Å². The first kappa shape index (κ1) is 22.8. The maximum Gasteiger partial charge on any atom is 0.331 e. The molecule has 2 aromatic carbocycles. The lowest BCUT2D eigenvalue weighted by molar-refractivity contribution is -0.143. The molecule has 7 heteroatoms. The fourth-order valence-corrected chi connectivity index (χ4v) is 2.53. The summed E-state index contributed by atoms with van der Waals surface area (Å²) in [5.41, 5.74) is 1.84. The zero-order valence-electron chi connectivity index (χ0n) is 17.5. The monoisotopic (exact) mass is 413 g/mol. The molecule has 1 N–H and O–H groups in total. The highest BCUT2D eigenvalue weighted by Gasteiger charge is 2.06. The molecule has 2 rings (SSSR count). The van der Waals surface area contributed by atoms with E-state index in [9.17, 15) is 9.59 Å². The molecule has 0 saturated carbocycles. The molecule has 0 fully saturated rings. The molecular weight excluding hydrogens is 386 g/mol. The Morgan fingerprint density at radius 1 is 1.07 bits per heavy atom. The van der Waals surface area contributed by atoms with E-state index in [4.69, 9.17) is 18.9 Å². The van der Waals surface area contributed by atoms with Crippen LogP contribution in [0.4, 0.5) is 0 Å². The van der Waals surface area contributed by atoms with Crippen molar-refractivity contribution in [3.05, 3.63) is 59.7 Å². The summed E-state index contributed by atoms with van der Waals surface area (Å²) >= 11 is 0. The third-order valence-corrected chi connectivity index (χ3v) is 3.93. The lowest BCUT2D eigenvalue weighted by atomic mass is 10.2. The summed E-state index contributed by atoms with van der Waals surface area (Å²) in [6, 6.07) is 12.9. The molecule has 0 aromatic heterocycles. The van der Waals surface area contributed by atoms with Gasteiger partial charge in [-0.15, -0.1) is 0 Å². The first-order chi connectivity index (χ1) is 14.5. The third-order valence-electron chi connectivity index (χ3n) is 3.93. The largest absolute Gasteiger partial charge is 0.493 e. The first-order valence-corrected chi connectivity index (χ1v) is 9.63. The van der Waals surface area contributed by atoms with Crippen LogP contribution in [0.25, 0.3) is 6.08 Å². The van der Waals surface area contributed by atoms with Gasteiger partial charge in [-0.3, -0.25) is 4.79 Å². The standard InChI is InChI=1S/C23H27NO6/c1-4-28-20-10-8-18(15-21(20)27-3)9-11-23(26)30-16-22(25)24-12-13-29-19-7-5-6-17(2)14-19/h5-11,14-15H,4,12-13,16H2,1-3H3,(H,24,25)/b11-9+. The molecule has 2 aromatic rings. The molecule has 0 saturated heterocycles. The first-order valence-electron chi connectivity index (χ1n) is 9.63. The number of esters is 1.